The zero-order chi connectivity index (χ0) is 15.1. The summed E-state index contributed by atoms with van der Waals surface area (Å²) in [4.78, 5) is 11.8. The molecule has 0 atom stereocenters. The van der Waals surface area contributed by atoms with Crippen molar-refractivity contribution in [2.45, 2.75) is 12.2 Å². The lowest BCUT2D eigenvalue weighted by Crippen LogP contribution is -2.27. The zero-order valence-corrected chi connectivity index (χ0v) is 13.6. The van der Waals surface area contributed by atoms with Crippen LogP contribution in [0.4, 0.5) is 0 Å². The maximum atomic E-state index is 11.8. The summed E-state index contributed by atoms with van der Waals surface area (Å²) in [5.41, 5.74) is 0.779. The molecule has 0 radical (unpaired) electrons. The summed E-state index contributed by atoms with van der Waals surface area (Å²) in [6.07, 6.45) is 1.92. The molecule has 1 heterocycles. The van der Waals surface area contributed by atoms with E-state index in [2.05, 4.69) is 5.32 Å². The number of thioether (sulfide) groups is 1. The number of carbonyl (C=O) groups excluding carboxylic acids is 1. The number of halogens is 2. The Morgan fingerprint density at radius 3 is 2.86 bits per heavy atom. The summed E-state index contributed by atoms with van der Waals surface area (Å²) >= 11 is 13.6. The third-order valence-electron chi connectivity index (χ3n) is 2.76. The number of amides is 1. The Kier molecular flexibility index (Phi) is 6.49. The van der Waals surface area contributed by atoms with E-state index >= 15 is 0 Å². The van der Waals surface area contributed by atoms with Crippen LogP contribution in [0.15, 0.2) is 41.0 Å². The van der Waals surface area contributed by atoms with E-state index in [0.29, 0.717) is 16.6 Å². The van der Waals surface area contributed by atoms with Crippen LogP contribution in [-0.4, -0.2) is 18.2 Å². The van der Waals surface area contributed by atoms with E-state index in [9.17, 15) is 4.79 Å². The van der Waals surface area contributed by atoms with E-state index < -0.39 is 0 Å². The minimum absolute atomic E-state index is 0.0437. The standard InChI is InChI=1S/C15H15Cl2NO2S/c16-12-4-3-11(14(17)9-12)8-15(19)18-5-7-21-10-13-2-1-6-20-13/h1-4,6,9H,5,7-8,10H2,(H,18,19). The van der Waals surface area contributed by atoms with Gasteiger partial charge in [-0.3, -0.25) is 4.79 Å². The van der Waals surface area contributed by atoms with Crippen molar-refractivity contribution in [1.29, 1.82) is 0 Å². The first-order valence-electron chi connectivity index (χ1n) is 6.46. The number of rotatable bonds is 7. The van der Waals surface area contributed by atoms with Gasteiger partial charge in [-0.25, -0.2) is 0 Å². The Bertz CT molecular complexity index is 587. The van der Waals surface area contributed by atoms with Crippen molar-refractivity contribution in [3.63, 3.8) is 0 Å². The van der Waals surface area contributed by atoms with Gasteiger partial charge in [-0.15, -0.1) is 0 Å². The van der Waals surface area contributed by atoms with Gasteiger partial charge in [-0.1, -0.05) is 29.3 Å². The van der Waals surface area contributed by atoms with Crippen LogP contribution >= 0.6 is 35.0 Å². The van der Waals surface area contributed by atoms with Crippen LogP contribution in [0.25, 0.3) is 0 Å². The summed E-state index contributed by atoms with van der Waals surface area (Å²) in [7, 11) is 0. The molecular weight excluding hydrogens is 329 g/mol. The third-order valence-corrected chi connectivity index (χ3v) is 4.33. The smallest absolute Gasteiger partial charge is 0.224 e. The van der Waals surface area contributed by atoms with Gasteiger partial charge >= 0.3 is 0 Å². The summed E-state index contributed by atoms with van der Waals surface area (Å²) < 4.78 is 5.23. The molecule has 1 aromatic carbocycles. The molecule has 2 aromatic rings. The van der Waals surface area contributed by atoms with Crippen molar-refractivity contribution in [2.24, 2.45) is 0 Å². The van der Waals surface area contributed by atoms with Crippen molar-refractivity contribution >= 4 is 40.9 Å². The lowest BCUT2D eigenvalue weighted by molar-refractivity contribution is -0.120. The Balaban J connectivity index is 1.65. The second-order valence-corrected chi connectivity index (χ2v) is 6.34. The highest BCUT2D eigenvalue weighted by Crippen LogP contribution is 2.21. The molecule has 0 unspecified atom stereocenters. The summed E-state index contributed by atoms with van der Waals surface area (Å²) in [5.74, 6) is 2.55. The van der Waals surface area contributed by atoms with Crippen molar-refractivity contribution in [3.8, 4) is 0 Å². The topological polar surface area (TPSA) is 42.2 Å². The molecule has 0 spiro atoms. The Hall–Kier alpha value is -1.10. The van der Waals surface area contributed by atoms with Gasteiger partial charge in [0.1, 0.15) is 5.76 Å². The van der Waals surface area contributed by atoms with E-state index in [1.54, 1.807) is 36.2 Å². The molecule has 0 bridgehead atoms. The van der Waals surface area contributed by atoms with Gasteiger partial charge in [0.05, 0.1) is 18.4 Å². The predicted molar refractivity (Wildman–Crippen MR) is 88.0 cm³/mol. The molecular formula is C15H15Cl2NO2S. The van der Waals surface area contributed by atoms with Gasteiger partial charge in [-0.2, -0.15) is 11.8 Å². The van der Waals surface area contributed by atoms with Crippen LogP contribution in [0.2, 0.25) is 10.0 Å². The minimum atomic E-state index is -0.0437. The Labute approximate surface area is 138 Å². The lowest BCUT2D eigenvalue weighted by atomic mass is 10.1. The molecule has 0 saturated heterocycles. The molecule has 1 aromatic heterocycles. The van der Waals surface area contributed by atoms with Gasteiger partial charge in [-0.05, 0) is 29.8 Å². The van der Waals surface area contributed by atoms with Gasteiger partial charge in [0.25, 0.3) is 0 Å². The molecule has 1 amide bonds. The van der Waals surface area contributed by atoms with Gasteiger partial charge in [0, 0.05) is 22.3 Å². The van der Waals surface area contributed by atoms with Crippen molar-refractivity contribution in [3.05, 3.63) is 58.0 Å². The number of nitrogens with one attached hydrogen (secondary N) is 1. The highest BCUT2D eigenvalue weighted by atomic mass is 35.5. The van der Waals surface area contributed by atoms with E-state index in [0.717, 1.165) is 22.8 Å². The zero-order valence-electron chi connectivity index (χ0n) is 11.3. The molecule has 0 aliphatic carbocycles. The maximum absolute atomic E-state index is 11.8. The molecule has 1 N–H and O–H groups in total. The van der Waals surface area contributed by atoms with E-state index in [1.807, 2.05) is 12.1 Å². The quantitative estimate of drug-likeness (QED) is 0.767. The number of benzene rings is 1. The largest absolute Gasteiger partial charge is 0.468 e. The molecule has 0 saturated carbocycles. The van der Waals surface area contributed by atoms with Gasteiger partial charge in [0.2, 0.25) is 5.91 Å². The van der Waals surface area contributed by atoms with Gasteiger partial charge in [0.15, 0.2) is 0 Å². The number of hydrogen-bond donors (Lipinski definition) is 1. The minimum Gasteiger partial charge on any atom is -0.468 e. The van der Waals surface area contributed by atoms with E-state index in [-0.39, 0.29) is 12.3 Å². The molecule has 2 rings (SSSR count). The predicted octanol–water partition coefficient (Wildman–Crippen LogP) is 4.18. The molecule has 0 aliphatic rings. The molecule has 112 valence electrons. The fourth-order valence-corrected chi connectivity index (χ4v) is 2.96. The fourth-order valence-electron chi connectivity index (χ4n) is 1.73. The van der Waals surface area contributed by atoms with Crippen LogP contribution in [0.1, 0.15) is 11.3 Å². The third kappa shape index (κ3) is 5.65. The first kappa shape index (κ1) is 16.3. The first-order chi connectivity index (χ1) is 10.1. The van der Waals surface area contributed by atoms with Crippen LogP contribution in [-0.2, 0) is 17.0 Å². The highest BCUT2D eigenvalue weighted by Gasteiger charge is 2.07. The average molecular weight is 344 g/mol. The Morgan fingerprint density at radius 2 is 2.14 bits per heavy atom. The SMILES string of the molecule is O=C(Cc1ccc(Cl)cc1Cl)NCCSCc1ccco1. The summed E-state index contributed by atoms with van der Waals surface area (Å²) in [6, 6.07) is 8.96. The van der Waals surface area contributed by atoms with Crippen molar-refractivity contribution in [2.75, 3.05) is 12.3 Å². The van der Waals surface area contributed by atoms with Crippen molar-refractivity contribution < 1.29 is 9.21 Å². The molecule has 0 aliphatic heterocycles. The lowest BCUT2D eigenvalue weighted by Gasteiger charge is -2.06. The molecule has 0 fully saturated rings. The number of carbonyl (C=O) groups is 1. The highest BCUT2D eigenvalue weighted by molar-refractivity contribution is 7.98. The van der Waals surface area contributed by atoms with Crippen LogP contribution in [0, 0.1) is 0 Å². The van der Waals surface area contributed by atoms with Gasteiger partial charge < -0.3 is 9.73 Å². The number of furan rings is 1. The molecule has 3 nitrogen and oxygen atoms in total. The molecule has 6 heteroatoms. The normalized spacial score (nSPS) is 10.6. The Morgan fingerprint density at radius 1 is 1.29 bits per heavy atom. The van der Waals surface area contributed by atoms with Crippen LogP contribution in [0.5, 0.6) is 0 Å². The van der Waals surface area contributed by atoms with E-state index in [4.69, 9.17) is 27.6 Å². The summed E-state index contributed by atoms with van der Waals surface area (Å²) in [5, 5.41) is 3.96. The van der Waals surface area contributed by atoms with Crippen LogP contribution < -0.4 is 5.32 Å². The van der Waals surface area contributed by atoms with E-state index in [1.165, 1.54) is 0 Å². The van der Waals surface area contributed by atoms with Crippen LogP contribution in [0.3, 0.4) is 0 Å². The fraction of sp³-hybridized carbons (Fsp3) is 0.267. The van der Waals surface area contributed by atoms with Crippen molar-refractivity contribution in [1.82, 2.24) is 5.32 Å². The molecule has 21 heavy (non-hydrogen) atoms. The average Bonchev–Trinajstić information content (AvgIpc) is 2.95. The first-order valence-corrected chi connectivity index (χ1v) is 8.37. The second kappa shape index (κ2) is 8.37. The monoisotopic (exact) mass is 343 g/mol. The second-order valence-electron chi connectivity index (χ2n) is 4.39. The number of hydrogen-bond acceptors (Lipinski definition) is 3. The maximum Gasteiger partial charge on any atom is 0.224 e. The summed E-state index contributed by atoms with van der Waals surface area (Å²) in [6.45, 7) is 0.620.